The van der Waals surface area contributed by atoms with Crippen LogP contribution >= 0.6 is 0 Å². The van der Waals surface area contributed by atoms with Gasteiger partial charge in [-0.25, -0.2) is 0 Å². The molecule has 0 fully saturated rings. The Balaban J connectivity index is 4.19. The predicted octanol–water partition coefficient (Wildman–Crippen LogP) is 0.535. The molecule has 21 heavy (non-hydrogen) atoms. The fraction of sp³-hybridized carbons (Fsp3) is 0.714. The average molecular weight is 299 g/mol. The zero-order valence-electron chi connectivity index (χ0n) is 13.0. The third-order valence-electron chi connectivity index (χ3n) is 2.41. The molecule has 2 N–H and O–H groups in total. The van der Waals surface area contributed by atoms with E-state index in [0.29, 0.717) is 39.3 Å². The number of carbonyl (C=O) groups excluding carboxylic acids is 1. The Morgan fingerprint density at radius 1 is 1.33 bits per heavy atom. The lowest BCUT2D eigenvalue weighted by molar-refractivity contribution is -0.131. The van der Waals surface area contributed by atoms with Crippen molar-refractivity contribution in [1.82, 2.24) is 10.6 Å². The van der Waals surface area contributed by atoms with Gasteiger partial charge in [0.1, 0.15) is 11.6 Å². The normalized spacial score (nSPS) is 11.3. The lowest BCUT2D eigenvalue weighted by Crippen LogP contribution is -2.31. The molecule has 0 aliphatic carbocycles. The van der Waals surface area contributed by atoms with E-state index in [-0.39, 0.29) is 5.57 Å². The van der Waals surface area contributed by atoms with Crippen LogP contribution in [0.25, 0.3) is 0 Å². The van der Waals surface area contributed by atoms with Gasteiger partial charge in [0.15, 0.2) is 6.29 Å². The molecule has 120 valence electrons. The molecule has 0 atom stereocenters. The number of nitrogens with one attached hydrogen (secondary N) is 2. The molecular weight excluding hydrogens is 274 g/mol. The van der Waals surface area contributed by atoms with Crippen molar-refractivity contribution in [2.45, 2.75) is 26.6 Å². The summed E-state index contributed by atoms with van der Waals surface area (Å²) in [6, 6.07) is 1.85. The molecule has 0 bridgehead atoms. The second-order valence-corrected chi connectivity index (χ2v) is 4.02. The molecule has 7 nitrogen and oxygen atoms in total. The molecular formula is C14H25N3O4. The van der Waals surface area contributed by atoms with Crippen molar-refractivity contribution < 1.29 is 19.0 Å². The van der Waals surface area contributed by atoms with E-state index in [9.17, 15) is 4.79 Å². The maximum atomic E-state index is 11.7. The number of methoxy groups -OCH3 is 1. The zero-order valence-corrected chi connectivity index (χ0v) is 13.0. The molecule has 0 saturated heterocycles. The largest absolute Gasteiger partial charge is 0.385 e. The molecule has 0 radical (unpaired) electrons. The van der Waals surface area contributed by atoms with Crippen molar-refractivity contribution in [2.75, 3.05) is 40.0 Å². The Hall–Kier alpha value is -1.62. The van der Waals surface area contributed by atoms with E-state index in [1.165, 1.54) is 6.20 Å². The van der Waals surface area contributed by atoms with Gasteiger partial charge < -0.3 is 24.8 Å². The van der Waals surface area contributed by atoms with Crippen molar-refractivity contribution >= 4 is 5.91 Å². The summed E-state index contributed by atoms with van der Waals surface area (Å²) in [4.78, 5) is 11.7. The molecule has 0 unspecified atom stereocenters. The van der Waals surface area contributed by atoms with Gasteiger partial charge in [-0.2, -0.15) is 5.26 Å². The zero-order chi connectivity index (χ0) is 15.9. The van der Waals surface area contributed by atoms with Crippen molar-refractivity contribution in [3.8, 4) is 6.07 Å². The third kappa shape index (κ3) is 9.85. The van der Waals surface area contributed by atoms with Crippen molar-refractivity contribution in [3.05, 3.63) is 11.8 Å². The van der Waals surface area contributed by atoms with Crippen LogP contribution in [0.4, 0.5) is 0 Å². The molecule has 0 spiro atoms. The van der Waals surface area contributed by atoms with Gasteiger partial charge in [-0.05, 0) is 20.3 Å². The first-order chi connectivity index (χ1) is 10.2. The molecule has 0 aromatic rings. The minimum absolute atomic E-state index is 0.0131. The first-order valence-corrected chi connectivity index (χ1v) is 7.03. The summed E-state index contributed by atoms with van der Waals surface area (Å²) >= 11 is 0. The van der Waals surface area contributed by atoms with Gasteiger partial charge >= 0.3 is 0 Å². The van der Waals surface area contributed by atoms with E-state index < -0.39 is 12.2 Å². The van der Waals surface area contributed by atoms with E-state index in [1.807, 2.05) is 19.9 Å². The van der Waals surface area contributed by atoms with Gasteiger partial charge in [0.25, 0.3) is 5.91 Å². The highest BCUT2D eigenvalue weighted by Gasteiger charge is 2.09. The number of ether oxygens (including phenoxy) is 3. The molecule has 0 aliphatic heterocycles. The van der Waals surface area contributed by atoms with Crippen LogP contribution in [0.15, 0.2) is 11.8 Å². The van der Waals surface area contributed by atoms with Gasteiger partial charge in [-0.3, -0.25) is 4.79 Å². The van der Waals surface area contributed by atoms with Crippen molar-refractivity contribution in [1.29, 1.82) is 5.26 Å². The molecule has 0 saturated carbocycles. The minimum atomic E-state index is -0.412. The Morgan fingerprint density at radius 3 is 2.52 bits per heavy atom. The molecule has 1 amide bonds. The van der Waals surface area contributed by atoms with Crippen LogP contribution in [0, 0.1) is 11.3 Å². The number of nitrogens with zero attached hydrogens (tertiary/aromatic N) is 1. The van der Waals surface area contributed by atoms with E-state index in [4.69, 9.17) is 19.5 Å². The first-order valence-electron chi connectivity index (χ1n) is 7.03. The summed E-state index contributed by atoms with van der Waals surface area (Å²) in [6.45, 7) is 6.19. The summed E-state index contributed by atoms with van der Waals surface area (Å²) < 4.78 is 15.6. The monoisotopic (exact) mass is 299 g/mol. The van der Waals surface area contributed by atoms with Crippen LogP contribution in [0.5, 0.6) is 0 Å². The fourth-order valence-corrected chi connectivity index (χ4v) is 1.46. The van der Waals surface area contributed by atoms with Crippen LogP contribution < -0.4 is 10.6 Å². The number of nitriles is 1. The van der Waals surface area contributed by atoms with E-state index in [2.05, 4.69) is 10.6 Å². The van der Waals surface area contributed by atoms with Crippen molar-refractivity contribution in [3.63, 3.8) is 0 Å². The predicted molar refractivity (Wildman–Crippen MR) is 78.2 cm³/mol. The molecule has 0 rings (SSSR count). The van der Waals surface area contributed by atoms with Crippen LogP contribution in [-0.4, -0.2) is 52.2 Å². The Morgan fingerprint density at radius 2 is 2.00 bits per heavy atom. The van der Waals surface area contributed by atoms with Gasteiger partial charge in [-0.15, -0.1) is 0 Å². The first kappa shape index (κ1) is 19.4. The molecule has 0 aliphatic rings. The standard InChI is InChI=1S/C14H25N3O4/c1-4-20-13(21-5-2)11-16-10-12(9-15)14(18)17-7-6-8-19-3/h10,13,16H,4-8,11H2,1-3H3,(H,17,18)/b12-10-. The van der Waals surface area contributed by atoms with Crippen LogP contribution in [-0.2, 0) is 19.0 Å². The average Bonchev–Trinajstić information content (AvgIpc) is 2.48. The lowest BCUT2D eigenvalue weighted by Gasteiger charge is -2.16. The van der Waals surface area contributed by atoms with Crippen LogP contribution in [0.1, 0.15) is 20.3 Å². The fourth-order valence-electron chi connectivity index (χ4n) is 1.46. The highest BCUT2D eigenvalue weighted by Crippen LogP contribution is 1.95. The number of rotatable bonds is 12. The highest BCUT2D eigenvalue weighted by atomic mass is 16.7. The number of hydrogen-bond acceptors (Lipinski definition) is 6. The summed E-state index contributed by atoms with van der Waals surface area (Å²) in [5, 5.41) is 14.5. The number of carbonyl (C=O) groups is 1. The number of hydrogen-bond donors (Lipinski definition) is 2. The van der Waals surface area contributed by atoms with Crippen LogP contribution in [0.2, 0.25) is 0 Å². The summed E-state index contributed by atoms with van der Waals surface area (Å²) in [7, 11) is 1.60. The molecule has 0 heterocycles. The maximum Gasteiger partial charge on any atom is 0.263 e. The summed E-state index contributed by atoms with van der Waals surface area (Å²) in [5.41, 5.74) is 0.0131. The van der Waals surface area contributed by atoms with Crippen LogP contribution in [0.3, 0.4) is 0 Å². The molecule has 0 aromatic carbocycles. The Kier molecular flexibility index (Phi) is 12.3. The van der Waals surface area contributed by atoms with Gasteiger partial charge in [-0.1, -0.05) is 0 Å². The SMILES string of the molecule is CCOC(CN/C=C(/C#N)C(=O)NCCCOC)OCC. The van der Waals surface area contributed by atoms with Gasteiger partial charge in [0, 0.05) is 39.7 Å². The smallest absolute Gasteiger partial charge is 0.263 e. The van der Waals surface area contributed by atoms with Crippen molar-refractivity contribution in [2.24, 2.45) is 0 Å². The summed E-state index contributed by atoms with van der Waals surface area (Å²) in [5.74, 6) is -0.412. The topological polar surface area (TPSA) is 92.6 Å². The Bertz CT molecular complexity index is 347. The highest BCUT2D eigenvalue weighted by molar-refractivity contribution is 5.97. The molecule has 0 aromatic heterocycles. The lowest BCUT2D eigenvalue weighted by atomic mass is 10.3. The maximum absolute atomic E-state index is 11.7. The van der Waals surface area contributed by atoms with E-state index in [0.717, 1.165) is 0 Å². The van der Waals surface area contributed by atoms with E-state index in [1.54, 1.807) is 7.11 Å². The summed E-state index contributed by atoms with van der Waals surface area (Å²) in [6.07, 6.45) is 1.67. The minimum Gasteiger partial charge on any atom is -0.385 e. The third-order valence-corrected chi connectivity index (χ3v) is 2.41. The Labute approximate surface area is 126 Å². The van der Waals surface area contributed by atoms with Gasteiger partial charge in [0.2, 0.25) is 0 Å². The van der Waals surface area contributed by atoms with Gasteiger partial charge in [0.05, 0.1) is 6.54 Å². The quantitative estimate of drug-likeness (QED) is 0.236. The van der Waals surface area contributed by atoms with E-state index >= 15 is 0 Å². The number of amides is 1. The molecule has 7 heteroatoms. The second kappa shape index (κ2) is 13.4. The second-order valence-electron chi connectivity index (χ2n) is 4.02.